The molecule has 1 aromatic carbocycles. The maximum Gasteiger partial charge on any atom is 0.0443 e. The molecule has 1 aromatic rings. The number of halogens is 1. The molecule has 84 valence electrons. The van der Waals surface area contributed by atoms with Crippen LogP contribution in [0.4, 0.5) is 0 Å². The predicted molar refractivity (Wildman–Crippen MR) is 68.7 cm³/mol. The zero-order chi connectivity index (χ0) is 11.6. The van der Waals surface area contributed by atoms with E-state index in [4.69, 9.17) is 11.6 Å². The summed E-state index contributed by atoms with van der Waals surface area (Å²) in [4.78, 5) is 0. The fraction of sp³-hybridized carbons (Fsp3) is 0.571. The minimum absolute atomic E-state index is 0.355. The number of hydrogen-bond acceptors (Lipinski definition) is 0. The highest BCUT2D eigenvalue weighted by atomic mass is 35.5. The second-order valence-electron chi connectivity index (χ2n) is 5.69. The third-order valence-electron chi connectivity index (χ3n) is 2.61. The molecule has 0 aromatic heterocycles. The van der Waals surface area contributed by atoms with Crippen molar-refractivity contribution in [1.82, 2.24) is 0 Å². The van der Waals surface area contributed by atoms with Gasteiger partial charge in [-0.2, -0.15) is 0 Å². The van der Waals surface area contributed by atoms with E-state index >= 15 is 0 Å². The highest BCUT2D eigenvalue weighted by Gasteiger charge is 2.18. The van der Waals surface area contributed by atoms with Crippen LogP contribution in [0.2, 0.25) is 5.02 Å². The lowest BCUT2D eigenvalue weighted by Gasteiger charge is -2.24. The van der Waals surface area contributed by atoms with E-state index in [2.05, 4.69) is 52.8 Å². The summed E-state index contributed by atoms with van der Waals surface area (Å²) in [5, 5.41) is 0.909. The van der Waals surface area contributed by atoms with Gasteiger partial charge in [0.15, 0.2) is 0 Å². The van der Waals surface area contributed by atoms with Gasteiger partial charge in [-0.05, 0) is 41.9 Å². The van der Waals surface area contributed by atoms with Gasteiger partial charge in [0.25, 0.3) is 0 Å². The lowest BCUT2D eigenvalue weighted by Crippen LogP contribution is -2.10. The van der Waals surface area contributed by atoms with Crippen LogP contribution in [0.1, 0.15) is 51.2 Å². The molecule has 0 unspecified atom stereocenters. The van der Waals surface area contributed by atoms with Crippen LogP contribution in [0, 0.1) is 12.3 Å². The topological polar surface area (TPSA) is 0 Å². The second-order valence-corrected chi connectivity index (χ2v) is 6.10. The first-order valence-corrected chi connectivity index (χ1v) is 5.93. The fourth-order valence-corrected chi connectivity index (χ4v) is 2.48. The Kier molecular flexibility index (Phi) is 3.83. The first-order valence-electron chi connectivity index (χ1n) is 5.55. The SMILES string of the molecule is Cc1ccc([C@H](C)CC(C)(C)C)c(Cl)c1. The van der Waals surface area contributed by atoms with Gasteiger partial charge >= 0.3 is 0 Å². The van der Waals surface area contributed by atoms with E-state index < -0.39 is 0 Å². The van der Waals surface area contributed by atoms with Crippen molar-refractivity contribution in [3.8, 4) is 0 Å². The molecule has 0 heterocycles. The van der Waals surface area contributed by atoms with E-state index in [1.165, 1.54) is 11.1 Å². The van der Waals surface area contributed by atoms with Crippen LogP contribution in [0.25, 0.3) is 0 Å². The average Bonchev–Trinajstić information content (AvgIpc) is 1.99. The summed E-state index contributed by atoms with van der Waals surface area (Å²) >= 11 is 6.25. The van der Waals surface area contributed by atoms with Gasteiger partial charge in [0, 0.05) is 5.02 Å². The number of aryl methyl sites for hydroxylation is 1. The molecule has 0 nitrogen and oxygen atoms in total. The Labute approximate surface area is 98.7 Å². The normalized spacial score (nSPS) is 14.0. The summed E-state index contributed by atoms with van der Waals surface area (Å²) in [6.45, 7) is 11.1. The molecule has 1 rings (SSSR count). The van der Waals surface area contributed by atoms with E-state index in [0.717, 1.165) is 11.4 Å². The van der Waals surface area contributed by atoms with Crippen LogP contribution < -0.4 is 0 Å². The van der Waals surface area contributed by atoms with Crippen molar-refractivity contribution >= 4 is 11.6 Å². The van der Waals surface area contributed by atoms with Crippen LogP contribution in [0.3, 0.4) is 0 Å². The maximum atomic E-state index is 6.25. The Bertz CT molecular complexity index is 334. The van der Waals surface area contributed by atoms with Crippen LogP contribution in [-0.2, 0) is 0 Å². The molecule has 0 aliphatic heterocycles. The molecule has 0 bridgehead atoms. The van der Waals surface area contributed by atoms with Crippen molar-refractivity contribution in [2.45, 2.75) is 47.0 Å². The smallest absolute Gasteiger partial charge is 0.0443 e. The van der Waals surface area contributed by atoms with Crippen LogP contribution >= 0.6 is 11.6 Å². The molecule has 0 fully saturated rings. The molecule has 0 radical (unpaired) electrons. The Morgan fingerprint density at radius 1 is 1.27 bits per heavy atom. The van der Waals surface area contributed by atoms with Gasteiger partial charge < -0.3 is 0 Å². The quantitative estimate of drug-likeness (QED) is 0.649. The molecule has 0 N–H and O–H groups in total. The van der Waals surface area contributed by atoms with Gasteiger partial charge in [-0.15, -0.1) is 0 Å². The molecule has 0 saturated heterocycles. The van der Waals surface area contributed by atoms with Crippen LogP contribution in [0.5, 0.6) is 0 Å². The summed E-state index contributed by atoms with van der Waals surface area (Å²) in [6, 6.07) is 6.35. The Balaban J connectivity index is 2.87. The van der Waals surface area contributed by atoms with Gasteiger partial charge in [0.1, 0.15) is 0 Å². The lowest BCUT2D eigenvalue weighted by atomic mass is 9.82. The average molecular weight is 225 g/mol. The third-order valence-corrected chi connectivity index (χ3v) is 2.93. The molecular weight excluding hydrogens is 204 g/mol. The minimum Gasteiger partial charge on any atom is -0.0840 e. The van der Waals surface area contributed by atoms with E-state index in [1.54, 1.807) is 0 Å². The zero-order valence-electron chi connectivity index (χ0n) is 10.4. The van der Waals surface area contributed by atoms with E-state index in [1.807, 2.05) is 0 Å². The van der Waals surface area contributed by atoms with Crippen molar-refractivity contribution in [3.05, 3.63) is 34.3 Å². The number of benzene rings is 1. The molecule has 0 aliphatic rings. The van der Waals surface area contributed by atoms with Gasteiger partial charge in [-0.1, -0.05) is 51.4 Å². The van der Waals surface area contributed by atoms with Crippen molar-refractivity contribution in [3.63, 3.8) is 0 Å². The number of rotatable bonds is 2. The molecule has 0 spiro atoms. The lowest BCUT2D eigenvalue weighted by molar-refractivity contribution is 0.349. The van der Waals surface area contributed by atoms with E-state index in [0.29, 0.717) is 11.3 Å². The Morgan fingerprint density at radius 3 is 2.33 bits per heavy atom. The summed E-state index contributed by atoms with van der Waals surface area (Å²) in [7, 11) is 0. The number of hydrogen-bond donors (Lipinski definition) is 0. The molecule has 0 amide bonds. The van der Waals surface area contributed by atoms with Crippen LogP contribution in [-0.4, -0.2) is 0 Å². The van der Waals surface area contributed by atoms with Crippen molar-refractivity contribution in [1.29, 1.82) is 0 Å². The van der Waals surface area contributed by atoms with E-state index in [-0.39, 0.29) is 0 Å². The van der Waals surface area contributed by atoms with Gasteiger partial charge in [-0.25, -0.2) is 0 Å². The largest absolute Gasteiger partial charge is 0.0840 e. The standard InChI is InChI=1S/C14H21Cl/c1-10-6-7-12(13(15)8-10)11(2)9-14(3,4)5/h6-8,11H,9H2,1-5H3/t11-/m1/s1. The highest BCUT2D eigenvalue weighted by Crippen LogP contribution is 2.34. The van der Waals surface area contributed by atoms with Crippen molar-refractivity contribution < 1.29 is 0 Å². The molecule has 0 aliphatic carbocycles. The first kappa shape index (κ1) is 12.6. The molecule has 1 heteroatoms. The molecule has 0 saturated carbocycles. The first-order chi connectivity index (χ1) is 6.79. The summed E-state index contributed by atoms with van der Waals surface area (Å²) in [6.07, 6.45) is 1.16. The van der Waals surface area contributed by atoms with Gasteiger partial charge in [-0.3, -0.25) is 0 Å². The Hall–Kier alpha value is -0.490. The summed E-state index contributed by atoms with van der Waals surface area (Å²) in [5.74, 6) is 0.526. The highest BCUT2D eigenvalue weighted by molar-refractivity contribution is 6.31. The fourth-order valence-electron chi connectivity index (χ4n) is 2.06. The van der Waals surface area contributed by atoms with Gasteiger partial charge in [0.2, 0.25) is 0 Å². The zero-order valence-corrected chi connectivity index (χ0v) is 11.2. The van der Waals surface area contributed by atoms with Crippen LogP contribution in [0.15, 0.2) is 18.2 Å². The van der Waals surface area contributed by atoms with Gasteiger partial charge in [0.05, 0.1) is 0 Å². The monoisotopic (exact) mass is 224 g/mol. The Morgan fingerprint density at radius 2 is 1.87 bits per heavy atom. The second kappa shape index (κ2) is 4.57. The maximum absolute atomic E-state index is 6.25. The van der Waals surface area contributed by atoms with E-state index in [9.17, 15) is 0 Å². The molecule has 1 atom stereocenters. The van der Waals surface area contributed by atoms with Crippen molar-refractivity contribution in [2.24, 2.45) is 5.41 Å². The summed E-state index contributed by atoms with van der Waals surface area (Å²) in [5.41, 5.74) is 2.86. The summed E-state index contributed by atoms with van der Waals surface area (Å²) < 4.78 is 0. The molecular formula is C14H21Cl. The molecule has 15 heavy (non-hydrogen) atoms. The third kappa shape index (κ3) is 3.87. The minimum atomic E-state index is 0.355. The van der Waals surface area contributed by atoms with Crippen molar-refractivity contribution in [2.75, 3.05) is 0 Å². The predicted octanol–water partition coefficient (Wildman–Crippen LogP) is 5.19.